The van der Waals surface area contributed by atoms with Crippen molar-refractivity contribution < 1.29 is 9.59 Å². The van der Waals surface area contributed by atoms with E-state index >= 15 is 0 Å². The van der Waals surface area contributed by atoms with Crippen LogP contribution in [0.1, 0.15) is 43.2 Å². The van der Waals surface area contributed by atoms with Gasteiger partial charge in [0.05, 0.1) is 11.6 Å². The average Bonchev–Trinajstić information content (AvgIpc) is 3.68. The molecule has 3 aromatic rings. The Bertz CT molecular complexity index is 1240. The standard InChI is InChI=1S/C28H38N8O2/c1-34-25-9-8-21(15-24(25)32-33-34)18-31-27(37)26-16-22(14-20-6-4-10-30-17-20)19-36(26)28(38)23(29)7-5-13-35-11-2-3-12-35/h4,6,8-10,15,17,22-23,26H,2-3,5,7,11-14,16,18-19,29H2,1H3,(H,31,37). The molecule has 3 atom stereocenters. The predicted molar refractivity (Wildman–Crippen MR) is 145 cm³/mol. The predicted octanol–water partition coefficient (Wildman–Crippen LogP) is 1.64. The number of amides is 2. The number of fused-ring (bicyclic) bond motifs is 1. The lowest BCUT2D eigenvalue weighted by Crippen LogP contribution is -2.51. The number of hydrogen-bond acceptors (Lipinski definition) is 7. The van der Waals surface area contributed by atoms with Crippen LogP contribution in [0.3, 0.4) is 0 Å². The third kappa shape index (κ3) is 6.19. The first-order valence-corrected chi connectivity index (χ1v) is 13.7. The van der Waals surface area contributed by atoms with E-state index in [1.54, 1.807) is 15.8 Å². The summed E-state index contributed by atoms with van der Waals surface area (Å²) >= 11 is 0. The number of pyridine rings is 1. The molecule has 4 heterocycles. The molecule has 0 aliphatic carbocycles. The molecule has 0 spiro atoms. The van der Waals surface area contributed by atoms with Crippen LogP contribution in [0.25, 0.3) is 11.0 Å². The summed E-state index contributed by atoms with van der Waals surface area (Å²) < 4.78 is 1.72. The quantitative estimate of drug-likeness (QED) is 0.418. The van der Waals surface area contributed by atoms with Crippen molar-refractivity contribution in [1.29, 1.82) is 0 Å². The molecule has 1 aromatic carbocycles. The van der Waals surface area contributed by atoms with Crippen LogP contribution in [0.15, 0.2) is 42.7 Å². The monoisotopic (exact) mass is 518 g/mol. The number of carbonyl (C=O) groups excluding carboxylic acids is 2. The van der Waals surface area contributed by atoms with Gasteiger partial charge in [0.1, 0.15) is 11.6 Å². The smallest absolute Gasteiger partial charge is 0.243 e. The zero-order valence-electron chi connectivity index (χ0n) is 22.1. The van der Waals surface area contributed by atoms with E-state index in [1.807, 2.05) is 43.6 Å². The Morgan fingerprint density at radius 1 is 1.18 bits per heavy atom. The molecule has 0 bridgehead atoms. The Labute approximate surface area is 223 Å². The lowest BCUT2D eigenvalue weighted by atomic mass is 9.97. The molecule has 3 N–H and O–H groups in total. The summed E-state index contributed by atoms with van der Waals surface area (Å²) in [5, 5.41) is 11.3. The number of aryl methyl sites for hydroxylation is 1. The van der Waals surface area contributed by atoms with E-state index in [0.717, 1.165) is 54.6 Å². The number of nitrogens with two attached hydrogens (primary N) is 1. The maximum absolute atomic E-state index is 13.5. The molecule has 2 aromatic heterocycles. The number of hydrogen-bond donors (Lipinski definition) is 2. The Morgan fingerprint density at radius 2 is 2.03 bits per heavy atom. The highest BCUT2D eigenvalue weighted by Crippen LogP contribution is 2.28. The van der Waals surface area contributed by atoms with Gasteiger partial charge in [-0.2, -0.15) is 0 Å². The zero-order chi connectivity index (χ0) is 26.5. The maximum Gasteiger partial charge on any atom is 0.243 e. The van der Waals surface area contributed by atoms with E-state index in [4.69, 9.17) is 5.73 Å². The summed E-state index contributed by atoms with van der Waals surface area (Å²) in [7, 11) is 1.85. The normalized spacial score (nSPS) is 20.7. The summed E-state index contributed by atoms with van der Waals surface area (Å²) in [6.45, 7) is 4.13. The first-order chi connectivity index (χ1) is 18.5. The van der Waals surface area contributed by atoms with Gasteiger partial charge in [-0.05, 0) is 93.4 Å². The van der Waals surface area contributed by atoms with Crippen molar-refractivity contribution >= 4 is 22.8 Å². The van der Waals surface area contributed by atoms with Gasteiger partial charge in [-0.25, -0.2) is 4.68 Å². The minimum atomic E-state index is -0.593. The van der Waals surface area contributed by atoms with Crippen molar-refractivity contribution in [2.45, 2.75) is 57.2 Å². The Balaban J connectivity index is 1.23. The number of aromatic nitrogens is 4. The third-order valence-corrected chi connectivity index (χ3v) is 7.87. The second-order valence-corrected chi connectivity index (χ2v) is 10.7. The first-order valence-electron chi connectivity index (χ1n) is 13.7. The van der Waals surface area contributed by atoms with E-state index in [-0.39, 0.29) is 17.7 Å². The fraction of sp³-hybridized carbons (Fsp3) is 0.536. The van der Waals surface area contributed by atoms with Crippen LogP contribution in [0.2, 0.25) is 0 Å². The Kier molecular flexibility index (Phi) is 8.29. The van der Waals surface area contributed by atoms with Crippen molar-refractivity contribution in [3.05, 3.63) is 53.9 Å². The second kappa shape index (κ2) is 12.0. The van der Waals surface area contributed by atoms with Gasteiger partial charge < -0.3 is 20.9 Å². The summed E-state index contributed by atoms with van der Waals surface area (Å²) in [5.41, 5.74) is 10.2. The van der Waals surface area contributed by atoms with Gasteiger partial charge in [0.2, 0.25) is 11.8 Å². The third-order valence-electron chi connectivity index (χ3n) is 7.87. The summed E-state index contributed by atoms with van der Waals surface area (Å²) in [6, 6.07) is 8.68. The van der Waals surface area contributed by atoms with E-state index in [9.17, 15) is 9.59 Å². The van der Waals surface area contributed by atoms with Crippen molar-refractivity contribution in [3.63, 3.8) is 0 Å². The topological polar surface area (TPSA) is 122 Å². The second-order valence-electron chi connectivity index (χ2n) is 10.7. The molecule has 10 heteroatoms. The average molecular weight is 519 g/mol. The van der Waals surface area contributed by atoms with Crippen molar-refractivity contribution in [2.75, 3.05) is 26.2 Å². The molecular weight excluding hydrogens is 480 g/mol. The molecule has 38 heavy (non-hydrogen) atoms. The zero-order valence-corrected chi connectivity index (χ0v) is 22.1. The van der Waals surface area contributed by atoms with Gasteiger partial charge in [-0.15, -0.1) is 5.10 Å². The Morgan fingerprint density at radius 3 is 2.82 bits per heavy atom. The van der Waals surface area contributed by atoms with Crippen LogP contribution in [-0.4, -0.2) is 79.9 Å². The molecule has 2 amide bonds. The van der Waals surface area contributed by atoms with E-state index in [2.05, 4.69) is 25.5 Å². The van der Waals surface area contributed by atoms with Crippen LogP contribution >= 0.6 is 0 Å². The number of carbonyl (C=O) groups is 2. The molecule has 3 unspecified atom stereocenters. The van der Waals surface area contributed by atoms with Crippen LogP contribution < -0.4 is 11.1 Å². The molecule has 2 fully saturated rings. The molecule has 2 saturated heterocycles. The number of nitrogens with zero attached hydrogens (tertiary/aromatic N) is 6. The molecular formula is C28H38N8O2. The van der Waals surface area contributed by atoms with Crippen LogP contribution in [0, 0.1) is 5.92 Å². The first kappa shape index (κ1) is 26.2. The lowest BCUT2D eigenvalue weighted by Gasteiger charge is -2.27. The number of benzene rings is 1. The fourth-order valence-electron chi connectivity index (χ4n) is 5.80. The minimum Gasteiger partial charge on any atom is -0.350 e. The number of likely N-dealkylation sites (tertiary alicyclic amines) is 2. The molecule has 0 radical (unpaired) electrons. The molecule has 2 aliphatic heterocycles. The summed E-state index contributed by atoms with van der Waals surface area (Å²) in [6.07, 6.45) is 9.01. The van der Waals surface area contributed by atoms with E-state index in [1.165, 1.54) is 12.8 Å². The molecule has 5 rings (SSSR count). The lowest BCUT2D eigenvalue weighted by molar-refractivity contribution is -0.139. The highest BCUT2D eigenvalue weighted by molar-refractivity contribution is 5.90. The number of nitrogens with one attached hydrogen (secondary N) is 1. The Hall–Kier alpha value is -3.37. The molecule has 2 aliphatic rings. The molecule has 0 saturated carbocycles. The maximum atomic E-state index is 13.5. The van der Waals surface area contributed by atoms with Crippen LogP contribution in [0.5, 0.6) is 0 Å². The van der Waals surface area contributed by atoms with E-state index in [0.29, 0.717) is 25.9 Å². The summed E-state index contributed by atoms with van der Waals surface area (Å²) in [5.74, 6) is -0.0940. The van der Waals surface area contributed by atoms with Crippen molar-refractivity contribution in [2.24, 2.45) is 18.7 Å². The number of rotatable bonds is 10. The van der Waals surface area contributed by atoms with Crippen molar-refractivity contribution in [1.82, 2.24) is 35.1 Å². The van der Waals surface area contributed by atoms with Crippen LogP contribution in [0.4, 0.5) is 0 Å². The van der Waals surface area contributed by atoms with Gasteiger partial charge in [0, 0.05) is 32.5 Å². The molecule has 202 valence electrons. The van der Waals surface area contributed by atoms with Gasteiger partial charge in [0.25, 0.3) is 0 Å². The SMILES string of the molecule is Cn1nnc2cc(CNC(=O)C3CC(Cc4cccnc4)CN3C(=O)C(N)CCCN3CCCC3)ccc21. The van der Waals surface area contributed by atoms with Gasteiger partial charge in [-0.3, -0.25) is 14.6 Å². The van der Waals surface area contributed by atoms with Gasteiger partial charge in [0.15, 0.2) is 0 Å². The highest BCUT2D eigenvalue weighted by atomic mass is 16.2. The molecule has 10 nitrogen and oxygen atoms in total. The summed E-state index contributed by atoms with van der Waals surface area (Å²) in [4.78, 5) is 35.3. The highest BCUT2D eigenvalue weighted by Gasteiger charge is 2.40. The van der Waals surface area contributed by atoms with Gasteiger partial charge in [-0.1, -0.05) is 17.3 Å². The van der Waals surface area contributed by atoms with Gasteiger partial charge >= 0.3 is 0 Å². The largest absolute Gasteiger partial charge is 0.350 e. The van der Waals surface area contributed by atoms with Crippen molar-refractivity contribution in [3.8, 4) is 0 Å². The van der Waals surface area contributed by atoms with E-state index < -0.39 is 12.1 Å². The minimum absolute atomic E-state index is 0.124. The van der Waals surface area contributed by atoms with Crippen LogP contribution in [-0.2, 0) is 29.6 Å². The fourth-order valence-corrected chi connectivity index (χ4v) is 5.80.